The first kappa shape index (κ1) is 25.8. The molecule has 2 atom stereocenters. The van der Waals surface area contributed by atoms with E-state index in [0.29, 0.717) is 47.6 Å². The Hall–Kier alpha value is -2.83. The van der Waals surface area contributed by atoms with E-state index in [1.165, 1.54) is 18.9 Å². The van der Waals surface area contributed by atoms with Gasteiger partial charge >= 0.3 is 0 Å². The number of likely N-dealkylation sites (tertiary alicyclic amines) is 2. The van der Waals surface area contributed by atoms with Crippen LogP contribution in [0.25, 0.3) is 22.3 Å². The summed E-state index contributed by atoms with van der Waals surface area (Å²) >= 11 is 0. The van der Waals surface area contributed by atoms with Crippen molar-refractivity contribution in [1.29, 1.82) is 0 Å². The molecule has 2 fully saturated rings. The van der Waals surface area contributed by atoms with Crippen LogP contribution in [0.5, 0.6) is 11.5 Å². The summed E-state index contributed by atoms with van der Waals surface area (Å²) < 4.78 is 6.36. The molecule has 0 bridgehead atoms. The maximum absolute atomic E-state index is 13.5. The average molecular weight is 505 g/mol. The molecule has 198 valence electrons. The molecule has 0 aliphatic carbocycles. The summed E-state index contributed by atoms with van der Waals surface area (Å²) in [5, 5.41) is 23.3. The number of rotatable bonds is 7. The van der Waals surface area contributed by atoms with E-state index in [-0.39, 0.29) is 22.3 Å². The van der Waals surface area contributed by atoms with Crippen LogP contribution in [-0.4, -0.2) is 45.2 Å². The number of benzene rings is 2. The minimum Gasteiger partial charge on any atom is -0.507 e. The molecule has 2 saturated heterocycles. The first-order chi connectivity index (χ1) is 18.0. The molecule has 3 aromatic rings. The molecule has 0 saturated carbocycles. The Balaban J connectivity index is 1.67. The van der Waals surface area contributed by atoms with E-state index >= 15 is 0 Å². The number of piperidine rings is 2. The molecule has 6 nitrogen and oxygen atoms in total. The Kier molecular flexibility index (Phi) is 7.87. The predicted molar refractivity (Wildman–Crippen MR) is 148 cm³/mol. The molecule has 37 heavy (non-hydrogen) atoms. The van der Waals surface area contributed by atoms with Crippen LogP contribution in [0.2, 0.25) is 0 Å². The van der Waals surface area contributed by atoms with Gasteiger partial charge in [-0.1, -0.05) is 57.0 Å². The van der Waals surface area contributed by atoms with Crippen molar-refractivity contribution in [1.82, 2.24) is 9.80 Å². The average Bonchev–Trinajstić information content (AvgIpc) is 2.93. The highest BCUT2D eigenvalue weighted by atomic mass is 16.3. The number of nitrogens with zero attached hydrogens (tertiary/aromatic N) is 2. The molecule has 2 aliphatic rings. The lowest BCUT2D eigenvalue weighted by Crippen LogP contribution is -2.39. The van der Waals surface area contributed by atoms with Gasteiger partial charge in [-0.2, -0.15) is 0 Å². The summed E-state index contributed by atoms with van der Waals surface area (Å²) in [5.74, 6) is 0.369. The van der Waals surface area contributed by atoms with Crippen molar-refractivity contribution < 1.29 is 14.6 Å². The van der Waals surface area contributed by atoms with Crippen LogP contribution in [-0.2, 0) is 13.1 Å². The predicted octanol–water partition coefficient (Wildman–Crippen LogP) is 6.40. The molecule has 2 aromatic carbocycles. The lowest BCUT2D eigenvalue weighted by molar-refractivity contribution is 0.130. The maximum atomic E-state index is 13.5. The summed E-state index contributed by atoms with van der Waals surface area (Å²) in [6, 6.07) is 11.8. The van der Waals surface area contributed by atoms with E-state index in [1.54, 1.807) is 0 Å². The molecule has 3 heterocycles. The van der Waals surface area contributed by atoms with Crippen molar-refractivity contribution in [3.05, 3.63) is 57.7 Å². The zero-order valence-electron chi connectivity index (χ0n) is 22.2. The van der Waals surface area contributed by atoms with E-state index < -0.39 is 0 Å². The van der Waals surface area contributed by atoms with Gasteiger partial charge in [-0.25, -0.2) is 0 Å². The molecule has 2 N–H and O–H groups in total. The monoisotopic (exact) mass is 504 g/mol. The molecule has 0 unspecified atom stereocenters. The van der Waals surface area contributed by atoms with Gasteiger partial charge < -0.3 is 14.6 Å². The zero-order valence-corrected chi connectivity index (χ0v) is 22.2. The van der Waals surface area contributed by atoms with Gasteiger partial charge in [0.2, 0.25) is 0 Å². The van der Waals surface area contributed by atoms with E-state index in [2.05, 4.69) is 23.6 Å². The lowest BCUT2D eigenvalue weighted by atomic mass is 9.95. The summed E-state index contributed by atoms with van der Waals surface area (Å²) in [6.07, 6.45) is 8.94. The first-order valence-electron chi connectivity index (χ1n) is 14.1. The first-order valence-corrected chi connectivity index (χ1v) is 14.1. The summed E-state index contributed by atoms with van der Waals surface area (Å²) in [7, 11) is 0. The van der Waals surface area contributed by atoms with Crippen LogP contribution >= 0.6 is 0 Å². The second-order valence-corrected chi connectivity index (χ2v) is 10.8. The fourth-order valence-electron chi connectivity index (χ4n) is 6.39. The molecule has 1 aromatic heterocycles. The van der Waals surface area contributed by atoms with E-state index in [4.69, 9.17) is 4.42 Å². The van der Waals surface area contributed by atoms with Crippen LogP contribution in [0.15, 0.2) is 45.6 Å². The Morgan fingerprint density at radius 3 is 2.03 bits per heavy atom. The maximum Gasteiger partial charge on any atom is 0.197 e. The molecule has 0 spiro atoms. The summed E-state index contributed by atoms with van der Waals surface area (Å²) in [5.41, 5.74) is 1.88. The van der Waals surface area contributed by atoms with Crippen molar-refractivity contribution in [2.45, 2.75) is 90.4 Å². The molecular weight excluding hydrogens is 464 g/mol. The molecule has 6 heteroatoms. The van der Waals surface area contributed by atoms with Crippen LogP contribution < -0.4 is 5.43 Å². The fraction of sp³-hybridized carbons (Fsp3) is 0.516. The van der Waals surface area contributed by atoms with Crippen LogP contribution in [0.1, 0.15) is 76.3 Å². The number of phenols is 2. The second kappa shape index (κ2) is 11.3. The molecule has 2 aliphatic heterocycles. The topological polar surface area (TPSA) is 77.2 Å². The number of hydrogen-bond donors (Lipinski definition) is 2. The highest BCUT2D eigenvalue weighted by Gasteiger charge is 2.30. The van der Waals surface area contributed by atoms with Crippen molar-refractivity contribution in [2.75, 3.05) is 13.1 Å². The standard InChI is InChI=1S/C31H40N2O4/c1-3-22-14-8-10-16-32(22)19-24-29(35)25(20-33-17-11-9-15-23(33)4-2)31-28(30(24)36)26(34)18-27(37-31)21-12-6-5-7-13-21/h5-7,12-13,18,22-23,35-36H,3-4,8-11,14-17,19-20H2,1-2H3/t22-,23-/m0/s1. The minimum atomic E-state index is -0.281. The Morgan fingerprint density at radius 1 is 0.838 bits per heavy atom. The van der Waals surface area contributed by atoms with Crippen molar-refractivity contribution in [2.24, 2.45) is 0 Å². The minimum absolute atomic E-state index is 0.0687. The number of fused-ring (bicyclic) bond motifs is 1. The third-order valence-corrected chi connectivity index (χ3v) is 8.54. The highest BCUT2D eigenvalue weighted by molar-refractivity contribution is 5.91. The van der Waals surface area contributed by atoms with E-state index in [9.17, 15) is 15.0 Å². The Morgan fingerprint density at radius 2 is 1.43 bits per heavy atom. The fourth-order valence-corrected chi connectivity index (χ4v) is 6.39. The second-order valence-electron chi connectivity index (χ2n) is 10.8. The van der Waals surface area contributed by atoms with Crippen LogP contribution in [0, 0.1) is 0 Å². The van der Waals surface area contributed by atoms with Crippen molar-refractivity contribution in [3.63, 3.8) is 0 Å². The van der Waals surface area contributed by atoms with Gasteiger partial charge in [0.25, 0.3) is 0 Å². The van der Waals surface area contributed by atoms with Crippen LogP contribution in [0.3, 0.4) is 0 Å². The number of phenolic OH excluding ortho intramolecular Hbond substituents is 2. The van der Waals surface area contributed by atoms with Gasteiger partial charge in [0.15, 0.2) is 11.0 Å². The highest BCUT2D eigenvalue weighted by Crippen LogP contribution is 2.42. The van der Waals surface area contributed by atoms with Crippen LogP contribution in [0.4, 0.5) is 0 Å². The van der Waals surface area contributed by atoms with Gasteiger partial charge in [0.05, 0.1) is 11.1 Å². The summed E-state index contributed by atoms with van der Waals surface area (Å²) in [6.45, 7) is 7.19. The van der Waals surface area contributed by atoms with Gasteiger partial charge in [-0.05, 0) is 51.6 Å². The SMILES string of the molecule is CC[C@H]1CCCCN1Cc1c(O)c(CN2CCCC[C@@H]2CC)c2oc(-c3ccccc3)cc(=O)c2c1O. The van der Waals surface area contributed by atoms with Crippen molar-refractivity contribution in [3.8, 4) is 22.8 Å². The molecular formula is C31H40N2O4. The lowest BCUT2D eigenvalue weighted by Gasteiger charge is -2.37. The largest absolute Gasteiger partial charge is 0.507 e. The third-order valence-electron chi connectivity index (χ3n) is 8.54. The summed E-state index contributed by atoms with van der Waals surface area (Å²) in [4.78, 5) is 18.3. The van der Waals surface area contributed by atoms with E-state index in [1.807, 2.05) is 30.3 Å². The van der Waals surface area contributed by atoms with Gasteiger partial charge in [-0.3, -0.25) is 14.6 Å². The van der Waals surface area contributed by atoms with Crippen molar-refractivity contribution >= 4 is 11.0 Å². The quantitative estimate of drug-likeness (QED) is 0.388. The molecule has 0 amide bonds. The normalized spacial score (nSPS) is 21.5. The number of hydrogen-bond acceptors (Lipinski definition) is 6. The smallest absolute Gasteiger partial charge is 0.197 e. The van der Waals surface area contributed by atoms with Gasteiger partial charge in [0, 0.05) is 36.8 Å². The Bertz CT molecular complexity index is 1290. The number of aromatic hydroxyl groups is 2. The molecule has 0 radical (unpaired) electrons. The zero-order chi connectivity index (χ0) is 25.9. The third kappa shape index (κ3) is 5.14. The molecule has 5 rings (SSSR count). The van der Waals surface area contributed by atoms with Gasteiger partial charge in [0.1, 0.15) is 22.6 Å². The Labute approximate surface area is 219 Å². The van der Waals surface area contributed by atoms with Gasteiger partial charge in [-0.15, -0.1) is 0 Å². The van der Waals surface area contributed by atoms with E-state index in [0.717, 1.165) is 57.2 Å².